The highest BCUT2D eigenvalue weighted by Gasteiger charge is 2.58. The van der Waals surface area contributed by atoms with E-state index in [-0.39, 0.29) is 23.7 Å². The summed E-state index contributed by atoms with van der Waals surface area (Å²) in [6, 6.07) is 18.5. The summed E-state index contributed by atoms with van der Waals surface area (Å²) in [5.74, 6) is -3.89. The maximum atomic E-state index is 14.2. The van der Waals surface area contributed by atoms with Gasteiger partial charge in [0.05, 0.1) is 12.7 Å². The fourth-order valence-corrected chi connectivity index (χ4v) is 6.48. The van der Waals surface area contributed by atoms with Crippen molar-refractivity contribution in [1.82, 2.24) is 0 Å². The molecule has 5 unspecified atom stereocenters. The zero-order valence-electron chi connectivity index (χ0n) is 27.8. The van der Waals surface area contributed by atoms with E-state index < -0.39 is 54.3 Å². The summed E-state index contributed by atoms with van der Waals surface area (Å²) in [6.07, 6.45) is -3.65. The average Bonchev–Trinajstić information content (AvgIpc) is 3.05. The molecule has 10 heteroatoms. The van der Waals surface area contributed by atoms with Crippen molar-refractivity contribution in [3.63, 3.8) is 0 Å². The molecule has 0 N–H and O–H groups in total. The molecule has 250 valence electrons. The predicted octanol–water partition coefficient (Wildman–Crippen LogP) is 6.02. The second kappa shape index (κ2) is 16.8. The van der Waals surface area contributed by atoms with Gasteiger partial charge in [-0.1, -0.05) is 88.4 Å². The van der Waals surface area contributed by atoms with Crippen LogP contribution in [0.25, 0.3) is 0 Å². The Hall–Kier alpha value is -3.62. The summed E-state index contributed by atoms with van der Waals surface area (Å²) in [5.41, 5.74) is 1.38. The Balaban J connectivity index is 0.00000282. The van der Waals surface area contributed by atoms with Gasteiger partial charge in [0, 0.05) is 26.0 Å². The quantitative estimate of drug-likeness (QED) is 0.213. The predicted molar refractivity (Wildman–Crippen MR) is 169 cm³/mol. The Labute approximate surface area is 272 Å². The Kier molecular flexibility index (Phi) is 13.5. The largest absolute Gasteiger partial charge is 0.457 e. The van der Waals surface area contributed by atoms with E-state index in [9.17, 15) is 14.4 Å². The van der Waals surface area contributed by atoms with Gasteiger partial charge in [-0.25, -0.2) is 5.26 Å². The van der Waals surface area contributed by atoms with Crippen molar-refractivity contribution in [2.45, 2.75) is 111 Å². The topological polar surface area (TPSA) is 130 Å². The minimum absolute atomic E-state index is 0.0225. The van der Waals surface area contributed by atoms with Crippen LogP contribution in [0.15, 0.2) is 60.7 Å². The second-order valence-electron chi connectivity index (χ2n) is 12.0. The Morgan fingerprint density at radius 1 is 0.826 bits per heavy atom. The van der Waals surface area contributed by atoms with Gasteiger partial charge in [0.2, 0.25) is 0 Å². The zero-order valence-corrected chi connectivity index (χ0v) is 27.8. The van der Waals surface area contributed by atoms with Gasteiger partial charge in [0.15, 0.2) is 30.1 Å². The average molecular weight is 638 g/mol. The van der Waals surface area contributed by atoms with Crippen LogP contribution in [-0.4, -0.2) is 60.3 Å². The molecule has 4 rings (SSSR count). The molecule has 0 aromatic heterocycles. The fraction of sp³-hybridized carbons (Fsp3) is 0.556. The zero-order chi connectivity index (χ0) is 34.0. The molecule has 0 amide bonds. The summed E-state index contributed by atoms with van der Waals surface area (Å²) in [5, 5.41) is 6.50. The van der Waals surface area contributed by atoms with Crippen LogP contribution in [0.1, 0.15) is 77.2 Å². The van der Waals surface area contributed by atoms with Crippen molar-refractivity contribution < 1.29 is 42.8 Å². The van der Waals surface area contributed by atoms with Gasteiger partial charge in [0.25, 0.3) is 0 Å². The lowest BCUT2D eigenvalue weighted by molar-refractivity contribution is -0.403. The number of carbonyl (C=O) groups excluding carboxylic acids is 3. The number of hydrogen-bond donors (Lipinski definition) is 0. The number of benzene rings is 2. The smallest absolute Gasteiger partial charge is 0.303 e. The number of hydrogen-bond acceptors (Lipinski definition) is 10. The van der Waals surface area contributed by atoms with Crippen LogP contribution in [0.5, 0.6) is 0 Å². The highest BCUT2D eigenvalue weighted by atomic mass is 16.8. The standard InChI is InChI=1S/C35H46O9.CHN/c1-8-27-21(3)22(4)33(39-20-25-16-12-10-13-17-25)35(7,43-27)44-34-29(30(38)26-18-14-11-15-19-26)32(41-24(6)37)31(40-23(5)36)28(9-2)42-34;1-2/h10-19,21-22,27-29,31-34H,8-9,20H2,1-7H3;1H/t21-,22-,27?,28+,29?,31?,32?,33?,34+,35+;/m0./s1. The number of rotatable bonds is 11. The Bertz CT molecular complexity index is 1300. The maximum absolute atomic E-state index is 14.2. The number of ether oxygens (including phenoxy) is 6. The van der Waals surface area contributed by atoms with Crippen molar-refractivity contribution in [2.24, 2.45) is 17.8 Å². The number of ketones is 1. The van der Waals surface area contributed by atoms with Gasteiger partial charge in [-0.05, 0) is 37.2 Å². The SMILES string of the molecule is C#N.CCC1O[C@](C)(O[C@H]2O[C@H](CC)C(OC(C)=O)C(OC(C)=O)C2C(=O)c2ccccc2)C(OCc2ccccc2)[C@@H](C)[C@@H]1C. The number of esters is 2. The van der Waals surface area contributed by atoms with E-state index in [1.807, 2.05) is 44.2 Å². The van der Waals surface area contributed by atoms with Gasteiger partial charge < -0.3 is 28.4 Å². The molecule has 0 saturated carbocycles. The lowest BCUT2D eigenvalue weighted by Crippen LogP contribution is -2.65. The van der Waals surface area contributed by atoms with E-state index in [0.29, 0.717) is 18.6 Å². The molecule has 2 fully saturated rings. The minimum Gasteiger partial charge on any atom is -0.457 e. The highest BCUT2D eigenvalue weighted by Crippen LogP contribution is 2.44. The third-order valence-corrected chi connectivity index (χ3v) is 8.83. The highest BCUT2D eigenvalue weighted by molar-refractivity contribution is 5.98. The summed E-state index contributed by atoms with van der Waals surface area (Å²) in [6.45, 7) is 16.4. The first-order valence-electron chi connectivity index (χ1n) is 15.8. The molecular formula is C36H47NO9. The van der Waals surface area contributed by atoms with Gasteiger partial charge in [-0.15, -0.1) is 0 Å². The Morgan fingerprint density at radius 3 is 1.91 bits per heavy atom. The third kappa shape index (κ3) is 8.59. The normalized spacial score (nSPS) is 32.3. The summed E-state index contributed by atoms with van der Waals surface area (Å²) >= 11 is 0. The lowest BCUT2D eigenvalue weighted by atomic mass is 9.79. The summed E-state index contributed by atoms with van der Waals surface area (Å²) in [7, 11) is 0. The van der Waals surface area contributed by atoms with Crippen LogP contribution in [0.3, 0.4) is 0 Å². The molecule has 2 aliphatic rings. The second-order valence-corrected chi connectivity index (χ2v) is 12.0. The minimum atomic E-state index is -1.34. The molecule has 0 bridgehead atoms. The van der Waals surface area contributed by atoms with Crippen molar-refractivity contribution in [3.05, 3.63) is 71.8 Å². The Morgan fingerprint density at radius 2 is 1.37 bits per heavy atom. The molecule has 2 saturated heterocycles. The van der Waals surface area contributed by atoms with E-state index in [2.05, 4.69) is 27.3 Å². The molecule has 2 heterocycles. The van der Waals surface area contributed by atoms with Crippen LogP contribution >= 0.6 is 0 Å². The number of nitriles is 1. The van der Waals surface area contributed by atoms with Gasteiger partial charge in [0.1, 0.15) is 18.1 Å². The molecule has 0 aliphatic carbocycles. The van der Waals surface area contributed by atoms with Crippen LogP contribution in [0.4, 0.5) is 0 Å². The van der Waals surface area contributed by atoms with Crippen molar-refractivity contribution in [3.8, 4) is 6.57 Å². The van der Waals surface area contributed by atoms with Crippen molar-refractivity contribution in [1.29, 1.82) is 5.26 Å². The fourth-order valence-electron chi connectivity index (χ4n) is 6.48. The van der Waals surface area contributed by atoms with Gasteiger partial charge in [-0.3, -0.25) is 14.4 Å². The molecule has 10 nitrogen and oxygen atoms in total. The first-order valence-corrected chi connectivity index (χ1v) is 15.8. The van der Waals surface area contributed by atoms with Gasteiger partial charge in [-0.2, -0.15) is 0 Å². The van der Waals surface area contributed by atoms with Crippen molar-refractivity contribution in [2.75, 3.05) is 0 Å². The number of Topliss-reactive ketones (excluding diaryl/α,β-unsaturated/α-hetero) is 1. The van der Waals surface area contributed by atoms with E-state index in [1.54, 1.807) is 30.3 Å². The molecule has 0 spiro atoms. The molecule has 2 aliphatic heterocycles. The van der Waals surface area contributed by atoms with E-state index in [4.69, 9.17) is 33.7 Å². The first-order chi connectivity index (χ1) is 22.0. The van der Waals surface area contributed by atoms with Crippen LogP contribution in [0, 0.1) is 29.6 Å². The summed E-state index contributed by atoms with van der Waals surface area (Å²) < 4.78 is 38.0. The number of carbonyl (C=O) groups is 3. The molecule has 2 aromatic carbocycles. The maximum Gasteiger partial charge on any atom is 0.303 e. The molecular weight excluding hydrogens is 590 g/mol. The lowest BCUT2D eigenvalue weighted by Gasteiger charge is -2.53. The van der Waals surface area contributed by atoms with Gasteiger partial charge >= 0.3 is 11.9 Å². The third-order valence-electron chi connectivity index (χ3n) is 8.83. The van der Waals surface area contributed by atoms with Crippen LogP contribution in [0.2, 0.25) is 0 Å². The van der Waals surface area contributed by atoms with E-state index in [1.165, 1.54) is 13.8 Å². The van der Waals surface area contributed by atoms with E-state index >= 15 is 0 Å². The molecule has 0 radical (unpaired) electrons. The van der Waals surface area contributed by atoms with Crippen LogP contribution in [-0.2, 0) is 44.6 Å². The molecule has 10 atom stereocenters. The summed E-state index contributed by atoms with van der Waals surface area (Å²) in [4.78, 5) is 38.9. The molecule has 2 aromatic rings. The number of nitrogens with zero attached hydrogens (tertiary/aromatic N) is 1. The monoisotopic (exact) mass is 637 g/mol. The van der Waals surface area contributed by atoms with Crippen LogP contribution < -0.4 is 0 Å². The molecule has 46 heavy (non-hydrogen) atoms. The first kappa shape index (κ1) is 36.8. The van der Waals surface area contributed by atoms with E-state index in [0.717, 1.165) is 12.0 Å². The van der Waals surface area contributed by atoms with Crippen molar-refractivity contribution >= 4 is 17.7 Å².